The van der Waals surface area contributed by atoms with Crippen molar-refractivity contribution >= 4 is 23.9 Å². The first-order valence-corrected chi connectivity index (χ1v) is 5.36. The van der Waals surface area contributed by atoms with Gasteiger partial charge in [0.05, 0.1) is 16.9 Å². The molecule has 4 nitrogen and oxygen atoms in total. The molecule has 2 aromatic carbocycles. The number of carbonyl (C=O) groups is 2. The Labute approximate surface area is 104 Å². The molecule has 0 atom stereocenters. The van der Waals surface area contributed by atoms with Gasteiger partial charge in [-0.1, -0.05) is 30.3 Å². The fourth-order valence-electron chi connectivity index (χ4n) is 1.87. The molecule has 0 aliphatic carbocycles. The summed E-state index contributed by atoms with van der Waals surface area (Å²) in [5.41, 5.74) is 13.7. The van der Waals surface area contributed by atoms with Crippen molar-refractivity contribution in [1.29, 1.82) is 0 Å². The van der Waals surface area contributed by atoms with E-state index in [0.29, 0.717) is 23.8 Å². The van der Waals surface area contributed by atoms with Crippen LogP contribution in [-0.2, 0) is 0 Å². The van der Waals surface area contributed by atoms with Crippen LogP contribution in [0, 0.1) is 0 Å². The smallest absolute Gasteiger partial charge is 0.152 e. The molecule has 0 saturated carbocycles. The molecule has 0 unspecified atom stereocenters. The van der Waals surface area contributed by atoms with Crippen LogP contribution in [0.15, 0.2) is 36.4 Å². The summed E-state index contributed by atoms with van der Waals surface area (Å²) in [6.07, 6.45) is 1.18. The number of rotatable bonds is 3. The summed E-state index contributed by atoms with van der Waals surface area (Å²) in [4.78, 5) is 22.2. The van der Waals surface area contributed by atoms with Crippen LogP contribution < -0.4 is 11.5 Å². The van der Waals surface area contributed by atoms with Crippen molar-refractivity contribution in [1.82, 2.24) is 0 Å². The molecule has 2 aromatic rings. The first-order chi connectivity index (χ1) is 8.69. The van der Waals surface area contributed by atoms with Crippen LogP contribution in [0.5, 0.6) is 0 Å². The molecule has 0 radical (unpaired) electrons. The quantitative estimate of drug-likeness (QED) is 0.635. The van der Waals surface area contributed by atoms with Gasteiger partial charge in [-0.15, -0.1) is 0 Å². The Kier molecular flexibility index (Phi) is 3.10. The van der Waals surface area contributed by atoms with Crippen molar-refractivity contribution in [2.75, 3.05) is 11.5 Å². The number of carbonyl (C=O) groups excluding carboxylic acids is 2. The monoisotopic (exact) mass is 240 g/mol. The number of hydrogen-bond acceptors (Lipinski definition) is 4. The summed E-state index contributed by atoms with van der Waals surface area (Å²) in [6, 6.07) is 10.8. The molecule has 18 heavy (non-hydrogen) atoms. The third-order valence-corrected chi connectivity index (χ3v) is 2.80. The Bertz CT molecular complexity index is 607. The van der Waals surface area contributed by atoms with Crippen molar-refractivity contribution in [3.8, 4) is 11.1 Å². The Balaban J connectivity index is 2.79. The van der Waals surface area contributed by atoms with E-state index in [-0.39, 0.29) is 16.8 Å². The van der Waals surface area contributed by atoms with Gasteiger partial charge in [0.2, 0.25) is 0 Å². The predicted octanol–water partition coefficient (Wildman–Crippen LogP) is 2.14. The zero-order chi connectivity index (χ0) is 13.1. The summed E-state index contributed by atoms with van der Waals surface area (Å²) in [6.45, 7) is 0. The van der Waals surface area contributed by atoms with E-state index in [1.54, 1.807) is 6.07 Å². The molecule has 0 aliphatic rings. The molecule has 0 heterocycles. The lowest BCUT2D eigenvalue weighted by Gasteiger charge is -2.12. The van der Waals surface area contributed by atoms with Crippen molar-refractivity contribution in [2.45, 2.75) is 0 Å². The maximum atomic E-state index is 11.2. The number of benzene rings is 2. The maximum absolute atomic E-state index is 11.2. The third kappa shape index (κ3) is 1.84. The number of nitrogen functional groups attached to an aromatic ring is 2. The minimum absolute atomic E-state index is 0.142. The first-order valence-electron chi connectivity index (χ1n) is 5.36. The topological polar surface area (TPSA) is 86.2 Å². The van der Waals surface area contributed by atoms with E-state index in [1.807, 2.05) is 30.3 Å². The fourth-order valence-corrected chi connectivity index (χ4v) is 1.87. The lowest BCUT2D eigenvalue weighted by atomic mass is 9.94. The van der Waals surface area contributed by atoms with Crippen LogP contribution in [0.25, 0.3) is 11.1 Å². The second-order valence-corrected chi connectivity index (χ2v) is 3.86. The molecular formula is C14H12N2O2. The van der Waals surface area contributed by atoms with E-state index < -0.39 is 0 Å². The SMILES string of the molecule is Nc1cc(-c2ccccc2)c(C=O)c(C=O)c1N. The van der Waals surface area contributed by atoms with Gasteiger partial charge in [-0.3, -0.25) is 9.59 Å². The van der Waals surface area contributed by atoms with Gasteiger partial charge in [-0.2, -0.15) is 0 Å². The van der Waals surface area contributed by atoms with Gasteiger partial charge in [0.15, 0.2) is 12.6 Å². The molecule has 0 aromatic heterocycles. The van der Waals surface area contributed by atoms with Gasteiger partial charge in [0.1, 0.15) is 0 Å². The highest BCUT2D eigenvalue weighted by atomic mass is 16.1. The molecule has 0 fully saturated rings. The fraction of sp³-hybridized carbons (Fsp3) is 0. The van der Waals surface area contributed by atoms with Gasteiger partial charge in [-0.25, -0.2) is 0 Å². The zero-order valence-corrected chi connectivity index (χ0v) is 9.59. The molecular weight excluding hydrogens is 228 g/mol. The standard InChI is InChI=1S/C14H12N2O2/c15-13-6-10(9-4-2-1-3-5-9)11(7-17)12(8-18)14(13)16/h1-8H,15-16H2. The Morgan fingerprint density at radius 2 is 1.50 bits per heavy atom. The molecule has 4 heteroatoms. The number of hydrogen-bond donors (Lipinski definition) is 2. The van der Waals surface area contributed by atoms with Gasteiger partial charge in [-0.05, 0) is 17.2 Å². The van der Waals surface area contributed by atoms with E-state index in [4.69, 9.17) is 11.5 Å². The second kappa shape index (κ2) is 4.71. The van der Waals surface area contributed by atoms with Crippen LogP contribution in [0.2, 0.25) is 0 Å². The van der Waals surface area contributed by atoms with Crippen molar-refractivity contribution in [3.63, 3.8) is 0 Å². The molecule has 0 saturated heterocycles. The highest BCUT2D eigenvalue weighted by Gasteiger charge is 2.15. The average Bonchev–Trinajstić information content (AvgIpc) is 2.42. The lowest BCUT2D eigenvalue weighted by molar-refractivity contribution is 0.109. The molecule has 0 spiro atoms. The van der Waals surface area contributed by atoms with Gasteiger partial charge in [0.25, 0.3) is 0 Å². The number of anilines is 2. The van der Waals surface area contributed by atoms with E-state index in [9.17, 15) is 9.59 Å². The molecule has 0 aliphatic heterocycles. The van der Waals surface area contributed by atoms with Crippen LogP contribution in [0.4, 0.5) is 11.4 Å². The van der Waals surface area contributed by atoms with Gasteiger partial charge in [0, 0.05) is 5.56 Å². The summed E-state index contributed by atoms with van der Waals surface area (Å²) >= 11 is 0. The van der Waals surface area contributed by atoms with Crippen LogP contribution >= 0.6 is 0 Å². The number of nitrogens with two attached hydrogens (primary N) is 2. The van der Waals surface area contributed by atoms with Gasteiger partial charge < -0.3 is 11.5 Å². The van der Waals surface area contributed by atoms with Gasteiger partial charge >= 0.3 is 0 Å². The minimum atomic E-state index is 0.142. The summed E-state index contributed by atoms with van der Waals surface area (Å²) in [7, 11) is 0. The zero-order valence-electron chi connectivity index (χ0n) is 9.59. The van der Waals surface area contributed by atoms with Crippen LogP contribution in [0.3, 0.4) is 0 Å². The Morgan fingerprint density at radius 3 is 2.06 bits per heavy atom. The van der Waals surface area contributed by atoms with Crippen LogP contribution in [0.1, 0.15) is 20.7 Å². The van der Waals surface area contributed by atoms with Crippen LogP contribution in [-0.4, -0.2) is 12.6 Å². The summed E-state index contributed by atoms with van der Waals surface area (Å²) in [5.74, 6) is 0. The minimum Gasteiger partial charge on any atom is -0.397 e. The summed E-state index contributed by atoms with van der Waals surface area (Å²) < 4.78 is 0. The predicted molar refractivity (Wildman–Crippen MR) is 71.5 cm³/mol. The lowest BCUT2D eigenvalue weighted by Crippen LogP contribution is -2.05. The molecule has 4 N–H and O–H groups in total. The number of aldehydes is 2. The summed E-state index contributed by atoms with van der Waals surface area (Å²) in [5, 5.41) is 0. The second-order valence-electron chi connectivity index (χ2n) is 3.86. The first kappa shape index (κ1) is 11.9. The van der Waals surface area contributed by atoms with E-state index in [2.05, 4.69) is 0 Å². The highest BCUT2D eigenvalue weighted by Crippen LogP contribution is 2.32. The van der Waals surface area contributed by atoms with E-state index in [1.165, 1.54) is 0 Å². The molecule has 90 valence electrons. The van der Waals surface area contributed by atoms with Crippen molar-refractivity contribution in [3.05, 3.63) is 47.5 Å². The highest BCUT2D eigenvalue weighted by molar-refractivity contribution is 6.04. The van der Waals surface area contributed by atoms with Crippen molar-refractivity contribution < 1.29 is 9.59 Å². The van der Waals surface area contributed by atoms with E-state index >= 15 is 0 Å². The van der Waals surface area contributed by atoms with Crippen molar-refractivity contribution in [2.24, 2.45) is 0 Å². The molecule has 0 bridgehead atoms. The Morgan fingerprint density at radius 1 is 0.889 bits per heavy atom. The largest absolute Gasteiger partial charge is 0.397 e. The third-order valence-electron chi connectivity index (χ3n) is 2.80. The Hall–Kier alpha value is -2.62. The maximum Gasteiger partial charge on any atom is 0.152 e. The molecule has 2 rings (SSSR count). The van der Waals surface area contributed by atoms with E-state index in [0.717, 1.165) is 5.56 Å². The normalized spacial score (nSPS) is 10.0. The molecule has 0 amide bonds. The average molecular weight is 240 g/mol.